The molecule has 0 saturated carbocycles. The van der Waals surface area contributed by atoms with E-state index in [9.17, 15) is 9.18 Å². The van der Waals surface area contributed by atoms with Crippen LogP contribution in [0.2, 0.25) is 0 Å². The number of hydrogen-bond donors (Lipinski definition) is 0. The van der Waals surface area contributed by atoms with Gasteiger partial charge in [-0.3, -0.25) is 4.79 Å². The van der Waals surface area contributed by atoms with Crippen LogP contribution in [-0.2, 0) is 9.53 Å². The van der Waals surface area contributed by atoms with Crippen LogP contribution in [0.5, 0.6) is 0 Å². The van der Waals surface area contributed by atoms with Crippen molar-refractivity contribution in [2.75, 3.05) is 18.2 Å². The van der Waals surface area contributed by atoms with Crippen LogP contribution in [0.25, 0.3) is 0 Å². The van der Waals surface area contributed by atoms with Crippen molar-refractivity contribution in [3.63, 3.8) is 0 Å². The normalized spacial score (nSPS) is 23.0. The Kier molecular flexibility index (Phi) is 2.63. The molecule has 1 aromatic carbocycles. The Morgan fingerprint density at radius 3 is 3.06 bits per heavy atom. The molecule has 0 radical (unpaired) electrons. The van der Waals surface area contributed by atoms with Crippen molar-refractivity contribution in [3.8, 4) is 0 Å². The first-order valence-electron chi connectivity index (χ1n) is 5.92. The summed E-state index contributed by atoms with van der Waals surface area (Å²) in [7, 11) is 0. The molecule has 1 unspecified atom stereocenters. The van der Waals surface area contributed by atoms with Crippen molar-refractivity contribution in [1.29, 1.82) is 0 Å². The second-order valence-corrected chi connectivity index (χ2v) is 4.55. The van der Waals surface area contributed by atoms with E-state index in [1.807, 2.05) is 0 Å². The topological polar surface area (TPSA) is 41.9 Å². The van der Waals surface area contributed by atoms with Gasteiger partial charge in [0.05, 0.1) is 24.6 Å². The smallest absolute Gasteiger partial charge is 0.258 e. The summed E-state index contributed by atoms with van der Waals surface area (Å²) < 4.78 is 18.4. The molecular weight excluding hydrogens is 235 g/mol. The molecule has 0 spiro atoms. The van der Waals surface area contributed by atoms with Crippen molar-refractivity contribution in [2.24, 2.45) is 11.0 Å². The lowest BCUT2D eigenvalue weighted by Gasteiger charge is -2.18. The van der Waals surface area contributed by atoms with E-state index in [1.165, 1.54) is 17.1 Å². The van der Waals surface area contributed by atoms with Crippen molar-refractivity contribution >= 4 is 17.3 Å². The first-order valence-corrected chi connectivity index (χ1v) is 5.92. The minimum atomic E-state index is -0.309. The van der Waals surface area contributed by atoms with Gasteiger partial charge in [-0.1, -0.05) is 0 Å². The Labute approximate surface area is 104 Å². The monoisotopic (exact) mass is 248 g/mol. The number of carbonyl (C=O) groups excluding carboxylic acids is 1. The molecule has 18 heavy (non-hydrogen) atoms. The van der Waals surface area contributed by atoms with E-state index in [1.54, 1.807) is 13.0 Å². The summed E-state index contributed by atoms with van der Waals surface area (Å²) >= 11 is 0. The van der Waals surface area contributed by atoms with Crippen molar-refractivity contribution in [3.05, 3.63) is 29.6 Å². The second-order valence-electron chi connectivity index (χ2n) is 4.55. The molecule has 2 heterocycles. The molecule has 4 nitrogen and oxygen atoms in total. The van der Waals surface area contributed by atoms with Gasteiger partial charge in [0.1, 0.15) is 11.7 Å². The maximum absolute atomic E-state index is 13.1. The lowest BCUT2D eigenvalue weighted by molar-refractivity contribution is -0.121. The van der Waals surface area contributed by atoms with Gasteiger partial charge in [-0.25, -0.2) is 4.39 Å². The van der Waals surface area contributed by atoms with Gasteiger partial charge >= 0.3 is 0 Å². The van der Waals surface area contributed by atoms with Gasteiger partial charge in [0.15, 0.2) is 0 Å². The predicted octanol–water partition coefficient (Wildman–Crippen LogP) is 1.87. The summed E-state index contributed by atoms with van der Waals surface area (Å²) in [5.74, 6) is -0.654. The molecule has 5 heteroatoms. The fraction of sp³-hybridized carbons (Fsp3) is 0.385. The average molecular weight is 248 g/mol. The molecule has 1 atom stereocenters. The third kappa shape index (κ3) is 1.71. The highest BCUT2D eigenvalue weighted by Gasteiger charge is 2.38. The second kappa shape index (κ2) is 4.17. The summed E-state index contributed by atoms with van der Waals surface area (Å²) in [6.07, 6.45) is 0.688. The molecule has 1 amide bonds. The lowest BCUT2D eigenvalue weighted by Crippen LogP contribution is -2.34. The first kappa shape index (κ1) is 11.3. The van der Waals surface area contributed by atoms with Crippen LogP contribution in [0.15, 0.2) is 23.3 Å². The van der Waals surface area contributed by atoms with Gasteiger partial charge < -0.3 is 4.74 Å². The summed E-state index contributed by atoms with van der Waals surface area (Å²) in [4.78, 5) is 12.2. The number of nitrogens with zero attached hydrogens (tertiary/aromatic N) is 2. The molecule has 94 valence electrons. The number of carbonyl (C=O) groups is 1. The first-order chi connectivity index (χ1) is 8.66. The third-order valence-electron chi connectivity index (χ3n) is 3.31. The van der Waals surface area contributed by atoms with E-state index in [4.69, 9.17) is 4.74 Å². The van der Waals surface area contributed by atoms with Gasteiger partial charge in [-0.2, -0.15) is 10.1 Å². The van der Waals surface area contributed by atoms with Gasteiger partial charge in [-0.05, 0) is 30.7 Å². The van der Waals surface area contributed by atoms with Crippen LogP contribution in [0.3, 0.4) is 0 Å². The van der Waals surface area contributed by atoms with E-state index in [-0.39, 0.29) is 17.6 Å². The Balaban J connectivity index is 1.97. The Bertz CT molecular complexity index is 542. The van der Waals surface area contributed by atoms with Gasteiger partial charge in [-0.15, -0.1) is 0 Å². The Hall–Kier alpha value is -1.75. The maximum Gasteiger partial charge on any atom is 0.258 e. The van der Waals surface area contributed by atoms with Gasteiger partial charge in [0, 0.05) is 6.42 Å². The molecule has 1 aromatic rings. The molecule has 3 rings (SSSR count). The quantitative estimate of drug-likeness (QED) is 0.761. The van der Waals surface area contributed by atoms with E-state index in [0.29, 0.717) is 30.9 Å². The van der Waals surface area contributed by atoms with Crippen LogP contribution in [0, 0.1) is 18.7 Å². The SMILES string of the molecule is Cc1cc(F)ccc1N1N=C2CCOCC2C1=O. The predicted molar refractivity (Wildman–Crippen MR) is 65.0 cm³/mol. The zero-order valence-corrected chi connectivity index (χ0v) is 10.0. The minimum Gasteiger partial charge on any atom is -0.380 e. The van der Waals surface area contributed by atoms with Crippen molar-refractivity contribution in [1.82, 2.24) is 0 Å². The number of aryl methyl sites for hydroxylation is 1. The Morgan fingerprint density at radius 2 is 2.33 bits per heavy atom. The van der Waals surface area contributed by atoms with Crippen LogP contribution in [0.4, 0.5) is 10.1 Å². The van der Waals surface area contributed by atoms with E-state index in [0.717, 1.165) is 5.71 Å². The molecule has 1 saturated heterocycles. The highest BCUT2D eigenvalue weighted by molar-refractivity contribution is 6.16. The van der Waals surface area contributed by atoms with Crippen molar-refractivity contribution in [2.45, 2.75) is 13.3 Å². The number of ether oxygens (including phenoxy) is 1. The summed E-state index contributed by atoms with van der Waals surface area (Å²) in [6, 6.07) is 4.33. The number of hydrazone groups is 1. The number of fused-ring (bicyclic) bond motifs is 1. The number of amides is 1. The van der Waals surface area contributed by atoms with E-state index < -0.39 is 0 Å². The van der Waals surface area contributed by atoms with E-state index >= 15 is 0 Å². The van der Waals surface area contributed by atoms with E-state index in [2.05, 4.69) is 5.10 Å². The van der Waals surface area contributed by atoms with Gasteiger partial charge in [0.25, 0.3) is 5.91 Å². The maximum atomic E-state index is 13.1. The molecule has 0 bridgehead atoms. The zero-order valence-electron chi connectivity index (χ0n) is 10.0. The number of benzene rings is 1. The fourth-order valence-corrected chi connectivity index (χ4v) is 2.34. The van der Waals surface area contributed by atoms with Crippen LogP contribution in [-0.4, -0.2) is 24.8 Å². The molecule has 1 fully saturated rings. The fourth-order valence-electron chi connectivity index (χ4n) is 2.34. The summed E-state index contributed by atoms with van der Waals surface area (Å²) in [5.41, 5.74) is 2.21. The van der Waals surface area contributed by atoms with Crippen LogP contribution in [0.1, 0.15) is 12.0 Å². The standard InChI is InChI=1S/C13H13FN2O2/c1-8-6-9(14)2-3-12(8)16-13(17)10-7-18-5-4-11(10)15-16/h2-3,6,10H,4-5,7H2,1H3. The third-order valence-corrected chi connectivity index (χ3v) is 3.31. The van der Waals surface area contributed by atoms with Gasteiger partial charge in [0.2, 0.25) is 0 Å². The molecular formula is C13H13FN2O2. The number of rotatable bonds is 1. The molecule has 0 aromatic heterocycles. The zero-order chi connectivity index (χ0) is 12.7. The molecule has 0 aliphatic carbocycles. The average Bonchev–Trinajstić information content (AvgIpc) is 2.68. The number of anilines is 1. The highest BCUT2D eigenvalue weighted by atomic mass is 19.1. The lowest BCUT2D eigenvalue weighted by atomic mass is 10.00. The highest BCUT2D eigenvalue weighted by Crippen LogP contribution is 2.29. The molecule has 2 aliphatic rings. The number of halogens is 1. The molecule has 2 aliphatic heterocycles. The van der Waals surface area contributed by atoms with Crippen LogP contribution >= 0.6 is 0 Å². The largest absolute Gasteiger partial charge is 0.380 e. The minimum absolute atomic E-state index is 0.0839. The number of hydrogen-bond acceptors (Lipinski definition) is 3. The molecule has 0 N–H and O–H groups in total. The van der Waals surface area contributed by atoms with Crippen molar-refractivity contribution < 1.29 is 13.9 Å². The summed E-state index contributed by atoms with van der Waals surface area (Å²) in [5, 5.41) is 5.73. The van der Waals surface area contributed by atoms with Crippen LogP contribution < -0.4 is 5.01 Å². The summed E-state index contributed by atoms with van der Waals surface area (Å²) in [6.45, 7) is 2.78. The Morgan fingerprint density at radius 1 is 1.50 bits per heavy atom.